The van der Waals surface area contributed by atoms with Crippen LogP contribution in [0, 0.1) is 0 Å². The van der Waals surface area contributed by atoms with E-state index in [4.69, 9.17) is 9.15 Å². The number of aliphatic hydroxyl groups excluding tert-OH is 1. The second kappa shape index (κ2) is 4.81. The quantitative estimate of drug-likeness (QED) is 0.854. The molecule has 0 radical (unpaired) electrons. The lowest BCUT2D eigenvalue weighted by Crippen LogP contribution is -2.01. The molecule has 0 saturated heterocycles. The molecule has 0 aliphatic rings. The first-order chi connectivity index (χ1) is 7.79. The van der Waals surface area contributed by atoms with E-state index < -0.39 is 6.10 Å². The summed E-state index contributed by atoms with van der Waals surface area (Å²) in [5.74, 6) is 0.541. The third-order valence-corrected chi connectivity index (χ3v) is 2.36. The molecule has 1 N–H and O–H groups in total. The standard InChI is InChI=1S/C12H13NO3/c1-15-12-3-2-10(7-13-12)11(14)6-9-4-5-16-8-9/h2-5,7-8,11,14H,6H2,1H3. The van der Waals surface area contributed by atoms with Gasteiger partial charge in [0, 0.05) is 18.7 Å². The van der Waals surface area contributed by atoms with Crippen LogP contribution in [-0.2, 0) is 6.42 Å². The van der Waals surface area contributed by atoms with Gasteiger partial charge in [0.25, 0.3) is 0 Å². The zero-order valence-electron chi connectivity index (χ0n) is 8.96. The first-order valence-electron chi connectivity index (χ1n) is 4.98. The van der Waals surface area contributed by atoms with Gasteiger partial charge in [0.1, 0.15) is 0 Å². The fourth-order valence-electron chi connectivity index (χ4n) is 1.46. The minimum absolute atomic E-state index is 0.518. The first kappa shape index (κ1) is 10.7. The van der Waals surface area contributed by atoms with Crippen LogP contribution in [0.15, 0.2) is 41.3 Å². The SMILES string of the molecule is COc1ccc(C(O)Cc2ccoc2)cn1. The van der Waals surface area contributed by atoms with Crippen LogP contribution in [0.4, 0.5) is 0 Å². The summed E-state index contributed by atoms with van der Waals surface area (Å²) in [5, 5.41) is 9.93. The summed E-state index contributed by atoms with van der Waals surface area (Å²) in [6, 6.07) is 5.37. The van der Waals surface area contributed by atoms with Gasteiger partial charge < -0.3 is 14.3 Å². The number of methoxy groups -OCH3 is 1. The molecule has 1 unspecified atom stereocenters. The summed E-state index contributed by atoms with van der Waals surface area (Å²) in [4.78, 5) is 4.04. The van der Waals surface area contributed by atoms with Crippen LogP contribution in [0.2, 0.25) is 0 Å². The molecule has 0 fully saturated rings. The van der Waals surface area contributed by atoms with Gasteiger partial charge >= 0.3 is 0 Å². The van der Waals surface area contributed by atoms with Crippen molar-refractivity contribution in [3.63, 3.8) is 0 Å². The molecule has 1 atom stereocenters. The number of hydrogen-bond donors (Lipinski definition) is 1. The number of rotatable bonds is 4. The number of hydrogen-bond acceptors (Lipinski definition) is 4. The molecule has 0 bridgehead atoms. The Morgan fingerprint density at radius 2 is 2.31 bits per heavy atom. The zero-order valence-corrected chi connectivity index (χ0v) is 8.96. The smallest absolute Gasteiger partial charge is 0.212 e. The molecule has 84 valence electrons. The summed E-state index contributed by atoms with van der Waals surface area (Å²) in [6.07, 6.45) is 4.78. The number of nitrogens with zero attached hydrogens (tertiary/aromatic N) is 1. The fourth-order valence-corrected chi connectivity index (χ4v) is 1.46. The third kappa shape index (κ3) is 2.41. The van der Waals surface area contributed by atoms with Crippen LogP contribution in [0.25, 0.3) is 0 Å². The lowest BCUT2D eigenvalue weighted by atomic mass is 10.1. The van der Waals surface area contributed by atoms with Crippen LogP contribution in [-0.4, -0.2) is 17.2 Å². The predicted molar refractivity (Wildman–Crippen MR) is 58.2 cm³/mol. The van der Waals surface area contributed by atoms with Gasteiger partial charge in [0.05, 0.1) is 25.7 Å². The molecule has 4 nitrogen and oxygen atoms in total. The van der Waals surface area contributed by atoms with Crippen molar-refractivity contribution in [1.82, 2.24) is 4.98 Å². The van der Waals surface area contributed by atoms with Crippen LogP contribution in [0.3, 0.4) is 0 Å². The molecule has 2 rings (SSSR count). The average molecular weight is 219 g/mol. The Hall–Kier alpha value is -1.81. The van der Waals surface area contributed by atoms with Crippen LogP contribution >= 0.6 is 0 Å². The highest BCUT2D eigenvalue weighted by molar-refractivity contribution is 5.21. The molecule has 0 aliphatic heterocycles. The van der Waals surface area contributed by atoms with Crippen molar-refractivity contribution in [2.24, 2.45) is 0 Å². The van der Waals surface area contributed by atoms with Crippen molar-refractivity contribution < 1.29 is 14.3 Å². The van der Waals surface area contributed by atoms with Crippen LogP contribution in [0.1, 0.15) is 17.2 Å². The first-order valence-corrected chi connectivity index (χ1v) is 4.98. The van der Waals surface area contributed by atoms with Gasteiger partial charge in [0.2, 0.25) is 5.88 Å². The zero-order chi connectivity index (χ0) is 11.4. The molecular weight excluding hydrogens is 206 g/mol. The van der Waals surface area contributed by atoms with Crippen LogP contribution in [0.5, 0.6) is 5.88 Å². The Morgan fingerprint density at radius 3 is 2.88 bits per heavy atom. The van der Waals surface area contributed by atoms with Crippen molar-refractivity contribution in [3.05, 3.63) is 48.0 Å². The van der Waals surface area contributed by atoms with Crippen molar-refractivity contribution in [3.8, 4) is 5.88 Å². The Morgan fingerprint density at radius 1 is 1.44 bits per heavy atom. The second-order valence-electron chi connectivity index (χ2n) is 3.49. The average Bonchev–Trinajstić information content (AvgIpc) is 2.82. The van der Waals surface area contributed by atoms with Crippen molar-refractivity contribution >= 4 is 0 Å². The van der Waals surface area contributed by atoms with E-state index in [9.17, 15) is 5.11 Å². The van der Waals surface area contributed by atoms with E-state index in [-0.39, 0.29) is 0 Å². The van der Waals surface area contributed by atoms with Gasteiger partial charge in [-0.2, -0.15) is 0 Å². The molecule has 0 spiro atoms. The van der Waals surface area contributed by atoms with Gasteiger partial charge in [0.15, 0.2) is 0 Å². The maximum atomic E-state index is 9.93. The van der Waals surface area contributed by atoms with E-state index in [1.165, 1.54) is 0 Å². The predicted octanol–water partition coefficient (Wildman–Crippen LogP) is 1.96. The molecule has 2 aromatic heterocycles. The normalized spacial score (nSPS) is 12.4. The summed E-state index contributed by atoms with van der Waals surface area (Å²) >= 11 is 0. The Balaban J connectivity index is 2.05. The molecule has 0 aromatic carbocycles. The minimum atomic E-state index is -0.573. The van der Waals surface area contributed by atoms with E-state index in [0.29, 0.717) is 12.3 Å². The summed E-state index contributed by atoms with van der Waals surface area (Å²) < 4.78 is 9.89. The van der Waals surface area contributed by atoms with Gasteiger partial charge in [-0.25, -0.2) is 4.98 Å². The highest BCUT2D eigenvalue weighted by atomic mass is 16.5. The molecule has 2 heterocycles. The maximum Gasteiger partial charge on any atom is 0.212 e. The van der Waals surface area contributed by atoms with Crippen molar-refractivity contribution in [2.75, 3.05) is 7.11 Å². The number of pyridine rings is 1. The van der Waals surface area contributed by atoms with Crippen LogP contribution < -0.4 is 4.74 Å². The minimum Gasteiger partial charge on any atom is -0.481 e. The monoisotopic (exact) mass is 219 g/mol. The maximum absolute atomic E-state index is 9.93. The molecule has 0 amide bonds. The molecular formula is C12H13NO3. The van der Waals surface area contributed by atoms with E-state index in [1.54, 1.807) is 38.0 Å². The molecule has 4 heteroatoms. The summed E-state index contributed by atoms with van der Waals surface area (Å²) in [5.41, 5.74) is 1.73. The Labute approximate surface area is 93.5 Å². The third-order valence-electron chi connectivity index (χ3n) is 2.36. The second-order valence-corrected chi connectivity index (χ2v) is 3.49. The fraction of sp³-hybridized carbons (Fsp3) is 0.250. The number of ether oxygens (including phenoxy) is 1. The molecule has 0 aliphatic carbocycles. The molecule has 2 aromatic rings. The molecule has 16 heavy (non-hydrogen) atoms. The van der Waals surface area contributed by atoms with Crippen molar-refractivity contribution in [2.45, 2.75) is 12.5 Å². The van der Waals surface area contributed by atoms with Gasteiger partial charge in [-0.15, -0.1) is 0 Å². The van der Waals surface area contributed by atoms with E-state index >= 15 is 0 Å². The molecule has 0 saturated carbocycles. The van der Waals surface area contributed by atoms with Gasteiger partial charge in [-0.05, 0) is 23.3 Å². The van der Waals surface area contributed by atoms with Crippen molar-refractivity contribution in [1.29, 1.82) is 0 Å². The summed E-state index contributed by atoms with van der Waals surface area (Å²) in [7, 11) is 1.56. The van der Waals surface area contributed by atoms with E-state index in [1.807, 2.05) is 6.07 Å². The Bertz CT molecular complexity index is 422. The highest BCUT2D eigenvalue weighted by Crippen LogP contribution is 2.19. The van der Waals surface area contributed by atoms with Gasteiger partial charge in [-0.1, -0.05) is 0 Å². The summed E-state index contributed by atoms with van der Waals surface area (Å²) in [6.45, 7) is 0. The highest BCUT2D eigenvalue weighted by Gasteiger charge is 2.09. The lowest BCUT2D eigenvalue weighted by molar-refractivity contribution is 0.177. The largest absolute Gasteiger partial charge is 0.481 e. The Kier molecular flexibility index (Phi) is 3.22. The van der Waals surface area contributed by atoms with E-state index in [0.717, 1.165) is 11.1 Å². The number of aromatic nitrogens is 1. The number of aliphatic hydroxyl groups is 1. The lowest BCUT2D eigenvalue weighted by Gasteiger charge is -2.09. The topological polar surface area (TPSA) is 55.5 Å². The van der Waals surface area contributed by atoms with E-state index in [2.05, 4.69) is 4.98 Å². The number of furan rings is 1. The van der Waals surface area contributed by atoms with Gasteiger partial charge in [-0.3, -0.25) is 0 Å².